The summed E-state index contributed by atoms with van der Waals surface area (Å²) in [4.78, 5) is 0. The van der Waals surface area contributed by atoms with Gasteiger partial charge in [-0.15, -0.1) is 0 Å². The fourth-order valence-electron chi connectivity index (χ4n) is 0. The van der Waals surface area contributed by atoms with Crippen LogP contribution in [0.4, 0.5) is 0 Å². The molecule has 0 radical (unpaired) electrons. The quantitative estimate of drug-likeness (QED) is 0.664. The van der Waals surface area contributed by atoms with Crippen LogP contribution in [0, 0.1) is 22.7 Å². The molecule has 0 aliphatic heterocycles. The van der Waals surface area contributed by atoms with Crippen molar-refractivity contribution in [3.8, 4) is 12.1 Å². The SMILES string of the molecule is CC#N.CC#N.[Pt+2]. The molecule has 2 nitrogen and oxygen atoms in total. The summed E-state index contributed by atoms with van der Waals surface area (Å²) < 4.78 is 0. The van der Waals surface area contributed by atoms with Gasteiger partial charge >= 0.3 is 21.1 Å². The van der Waals surface area contributed by atoms with Crippen LogP contribution >= 0.6 is 0 Å². The Bertz CT molecular complexity index is 64.7. The molecule has 0 aromatic carbocycles. The molecule has 0 amide bonds. The zero-order valence-corrected chi connectivity index (χ0v) is 6.48. The van der Waals surface area contributed by atoms with Gasteiger partial charge in [-0.2, -0.15) is 10.5 Å². The van der Waals surface area contributed by atoms with Crippen LogP contribution < -0.4 is 0 Å². The molecule has 0 N–H and O–H groups in total. The smallest absolute Gasteiger partial charge is 0.199 e. The van der Waals surface area contributed by atoms with Crippen LogP contribution in [-0.2, 0) is 21.1 Å². The van der Waals surface area contributed by atoms with Crippen molar-refractivity contribution >= 4 is 0 Å². The van der Waals surface area contributed by atoms with E-state index >= 15 is 0 Å². The van der Waals surface area contributed by atoms with Gasteiger partial charge in [-0.25, -0.2) is 0 Å². The van der Waals surface area contributed by atoms with Gasteiger partial charge in [0.1, 0.15) is 0 Å². The Morgan fingerprint density at radius 1 is 1.00 bits per heavy atom. The largest absolute Gasteiger partial charge is 2.00 e. The molecule has 0 aromatic heterocycles. The molecule has 0 heterocycles. The van der Waals surface area contributed by atoms with Crippen LogP contribution in [0.3, 0.4) is 0 Å². The molecule has 0 saturated heterocycles. The fraction of sp³-hybridized carbons (Fsp3) is 0.500. The van der Waals surface area contributed by atoms with E-state index in [-0.39, 0.29) is 21.1 Å². The van der Waals surface area contributed by atoms with Gasteiger partial charge in [-0.3, -0.25) is 0 Å². The first-order valence-electron chi connectivity index (χ1n) is 1.45. The predicted molar refractivity (Wildman–Crippen MR) is 22.6 cm³/mol. The Morgan fingerprint density at radius 3 is 1.00 bits per heavy atom. The van der Waals surface area contributed by atoms with Crippen LogP contribution in [0.2, 0.25) is 0 Å². The van der Waals surface area contributed by atoms with Crippen LogP contribution in [0.15, 0.2) is 0 Å². The number of hydrogen-bond acceptors (Lipinski definition) is 2. The van der Waals surface area contributed by atoms with Crippen molar-refractivity contribution in [1.82, 2.24) is 0 Å². The molecule has 7 heavy (non-hydrogen) atoms. The summed E-state index contributed by atoms with van der Waals surface area (Å²) in [5.74, 6) is 0. The van der Waals surface area contributed by atoms with E-state index in [1.165, 1.54) is 13.8 Å². The summed E-state index contributed by atoms with van der Waals surface area (Å²) >= 11 is 0. The van der Waals surface area contributed by atoms with E-state index in [0.29, 0.717) is 0 Å². The van der Waals surface area contributed by atoms with Crippen molar-refractivity contribution in [1.29, 1.82) is 10.5 Å². The Hall–Kier alpha value is -0.332. The molecule has 0 aliphatic rings. The third-order valence-corrected chi connectivity index (χ3v) is 0. The predicted octanol–water partition coefficient (Wildman–Crippen LogP) is 1.06. The summed E-state index contributed by atoms with van der Waals surface area (Å²) in [6.07, 6.45) is 0. The minimum atomic E-state index is 0. The Labute approximate surface area is 58.0 Å². The normalized spacial score (nSPS) is 2.29. The van der Waals surface area contributed by atoms with Gasteiger partial charge in [0.05, 0.1) is 12.1 Å². The summed E-state index contributed by atoms with van der Waals surface area (Å²) in [5.41, 5.74) is 0. The topological polar surface area (TPSA) is 47.6 Å². The van der Waals surface area contributed by atoms with E-state index < -0.39 is 0 Å². The number of rotatable bonds is 0. The van der Waals surface area contributed by atoms with Crippen LogP contribution in [0.1, 0.15) is 13.8 Å². The monoisotopic (exact) mass is 277 g/mol. The minimum absolute atomic E-state index is 0. The standard InChI is InChI=1S/2C2H3N.Pt/c2*1-2-3;/h2*1H3;/q;;+2. The molecule has 0 rings (SSSR count). The van der Waals surface area contributed by atoms with Crippen molar-refractivity contribution in [3.63, 3.8) is 0 Å². The van der Waals surface area contributed by atoms with Gasteiger partial charge in [-0.05, 0) is 0 Å². The number of hydrogen-bond donors (Lipinski definition) is 0. The maximum atomic E-state index is 7.32. The molecule has 0 atom stereocenters. The molecule has 3 heteroatoms. The average Bonchev–Trinajstić information content (AvgIpc) is 1.39. The fourth-order valence-corrected chi connectivity index (χ4v) is 0. The Balaban J connectivity index is -0.0000000400. The summed E-state index contributed by atoms with van der Waals surface area (Å²) in [7, 11) is 0. The first kappa shape index (κ1) is 15.9. The zero-order chi connectivity index (χ0) is 5.41. The first-order valence-corrected chi connectivity index (χ1v) is 1.45. The van der Waals surface area contributed by atoms with E-state index in [4.69, 9.17) is 10.5 Å². The van der Waals surface area contributed by atoms with Crippen LogP contribution in [-0.4, -0.2) is 0 Å². The van der Waals surface area contributed by atoms with Crippen molar-refractivity contribution in [2.24, 2.45) is 0 Å². The second-order valence-electron chi connectivity index (χ2n) is 0.447. The van der Waals surface area contributed by atoms with Gasteiger partial charge in [0.15, 0.2) is 0 Å². The van der Waals surface area contributed by atoms with E-state index in [1.54, 1.807) is 12.1 Å². The number of nitrogens with zero attached hydrogens (tertiary/aromatic N) is 2. The molecular weight excluding hydrogens is 271 g/mol. The molecule has 40 valence electrons. The van der Waals surface area contributed by atoms with E-state index in [9.17, 15) is 0 Å². The van der Waals surface area contributed by atoms with Crippen LogP contribution in [0.5, 0.6) is 0 Å². The van der Waals surface area contributed by atoms with Crippen molar-refractivity contribution in [3.05, 3.63) is 0 Å². The maximum absolute atomic E-state index is 7.32. The average molecular weight is 277 g/mol. The van der Waals surface area contributed by atoms with Gasteiger partial charge in [0, 0.05) is 13.8 Å². The molecule has 0 bridgehead atoms. The summed E-state index contributed by atoms with van der Waals surface area (Å²) in [6.45, 7) is 2.86. The summed E-state index contributed by atoms with van der Waals surface area (Å²) in [6, 6.07) is 3.50. The van der Waals surface area contributed by atoms with Gasteiger partial charge in [0.25, 0.3) is 0 Å². The second kappa shape index (κ2) is 44.4. The Morgan fingerprint density at radius 2 is 1.00 bits per heavy atom. The third-order valence-electron chi connectivity index (χ3n) is 0. The molecule has 0 unspecified atom stereocenters. The molecular formula is C4H6N2Pt+2. The number of nitriles is 2. The van der Waals surface area contributed by atoms with Crippen molar-refractivity contribution < 1.29 is 21.1 Å². The molecule has 0 spiro atoms. The molecule has 0 saturated carbocycles. The summed E-state index contributed by atoms with van der Waals surface area (Å²) in [5, 5.41) is 14.6. The van der Waals surface area contributed by atoms with Gasteiger partial charge < -0.3 is 0 Å². The van der Waals surface area contributed by atoms with Gasteiger partial charge in [-0.1, -0.05) is 0 Å². The van der Waals surface area contributed by atoms with Crippen LogP contribution in [0.25, 0.3) is 0 Å². The Kier molecular flexibility index (Phi) is 101. The van der Waals surface area contributed by atoms with E-state index in [0.717, 1.165) is 0 Å². The van der Waals surface area contributed by atoms with E-state index in [1.807, 2.05) is 0 Å². The molecule has 0 aromatic rings. The van der Waals surface area contributed by atoms with E-state index in [2.05, 4.69) is 0 Å². The van der Waals surface area contributed by atoms with Crippen molar-refractivity contribution in [2.45, 2.75) is 13.8 Å². The third kappa shape index (κ3) is 693. The zero-order valence-electron chi connectivity index (χ0n) is 4.21. The molecule has 0 fully saturated rings. The second-order valence-corrected chi connectivity index (χ2v) is 0.447. The first-order chi connectivity index (χ1) is 2.83. The minimum Gasteiger partial charge on any atom is -0.199 e. The van der Waals surface area contributed by atoms with Gasteiger partial charge in [0.2, 0.25) is 0 Å². The van der Waals surface area contributed by atoms with Crippen molar-refractivity contribution in [2.75, 3.05) is 0 Å². The maximum Gasteiger partial charge on any atom is 2.00 e. The molecule has 0 aliphatic carbocycles.